The summed E-state index contributed by atoms with van der Waals surface area (Å²) in [5, 5.41) is 0. The van der Waals surface area contributed by atoms with Crippen LogP contribution >= 0.6 is 0 Å². The molecule has 0 radical (unpaired) electrons. The van der Waals surface area contributed by atoms with E-state index in [2.05, 4.69) is 6.58 Å². The third-order valence-electron chi connectivity index (χ3n) is 4.68. The fourth-order valence-electron chi connectivity index (χ4n) is 3.38. The highest BCUT2D eigenvalue weighted by Gasteiger charge is 2.22. The van der Waals surface area contributed by atoms with Crippen LogP contribution in [0.25, 0.3) is 0 Å². The normalized spacial score (nSPS) is 10.5. The van der Waals surface area contributed by atoms with Gasteiger partial charge in [0, 0.05) is 11.4 Å². The molecule has 0 bridgehead atoms. The SMILES string of the molecule is C=C(N(c1ccccc1)c1cccc(F)c1)N(c1ccccc1)c1cccc(F)c1. The number of halogens is 2. The van der Waals surface area contributed by atoms with Gasteiger partial charge in [-0.05, 0) is 60.7 Å². The summed E-state index contributed by atoms with van der Waals surface area (Å²) in [4.78, 5) is 3.70. The van der Waals surface area contributed by atoms with E-state index in [4.69, 9.17) is 0 Å². The van der Waals surface area contributed by atoms with Crippen molar-refractivity contribution in [1.82, 2.24) is 0 Å². The second-order valence-electron chi connectivity index (χ2n) is 6.72. The molecule has 0 atom stereocenters. The monoisotopic (exact) mass is 398 g/mol. The van der Waals surface area contributed by atoms with Crippen molar-refractivity contribution in [1.29, 1.82) is 0 Å². The summed E-state index contributed by atoms with van der Waals surface area (Å²) in [7, 11) is 0. The van der Waals surface area contributed by atoms with E-state index in [-0.39, 0.29) is 11.6 Å². The Balaban J connectivity index is 1.88. The predicted octanol–water partition coefficient (Wildman–Crippen LogP) is 7.41. The molecule has 0 aromatic heterocycles. The largest absolute Gasteiger partial charge is 0.297 e. The summed E-state index contributed by atoms with van der Waals surface area (Å²) in [5.41, 5.74) is 2.85. The molecule has 4 heteroatoms. The van der Waals surface area contributed by atoms with E-state index in [1.165, 1.54) is 24.3 Å². The second kappa shape index (κ2) is 8.62. The summed E-state index contributed by atoms with van der Waals surface area (Å²) in [6.07, 6.45) is 0. The first-order chi connectivity index (χ1) is 14.6. The van der Waals surface area contributed by atoms with Gasteiger partial charge in [0.05, 0.1) is 11.4 Å². The van der Waals surface area contributed by atoms with Gasteiger partial charge in [0.2, 0.25) is 0 Å². The molecule has 0 heterocycles. The average Bonchev–Trinajstić information content (AvgIpc) is 2.76. The number of rotatable bonds is 6. The highest BCUT2D eigenvalue weighted by atomic mass is 19.1. The van der Waals surface area contributed by atoms with Gasteiger partial charge in [0.1, 0.15) is 17.5 Å². The topological polar surface area (TPSA) is 6.48 Å². The molecule has 0 aliphatic heterocycles. The van der Waals surface area contributed by atoms with Gasteiger partial charge in [-0.2, -0.15) is 0 Å². The third kappa shape index (κ3) is 4.08. The predicted molar refractivity (Wildman–Crippen MR) is 119 cm³/mol. The molecule has 4 aromatic rings. The second-order valence-corrected chi connectivity index (χ2v) is 6.72. The average molecular weight is 398 g/mol. The van der Waals surface area contributed by atoms with Crippen LogP contribution in [0, 0.1) is 11.6 Å². The van der Waals surface area contributed by atoms with E-state index in [0.29, 0.717) is 17.2 Å². The number of benzene rings is 4. The van der Waals surface area contributed by atoms with Crippen molar-refractivity contribution in [3.05, 3.63) is 133 Å². The molecule has 2 nitrogen and oxygen atoms in total. The van der Waals surface area contributed by atoms with Gasteiger partial charge in [-0.3, -0.25) is 9.80 Å². The lowest BCUT2D eigenvalue weighted by Crippen LogP contribution is -2.29. The van der Waals surface area contributed by atoms with Crippen molar-refractivity contribution in [3.63, 3.8) is 0 Å². The molecule has 0 amide bonds. The molecule has 30 heavy (non-hydrogen) atoms. The summed E-state index contributed by atoms with van der Waals surface area (Å²) in [6, 6.07) is 31.8. The van der Waals surface area contributed by atoms with Gasteiger partial charge >= 0.3 is 0 Å². The molecule has 0 unspecified atom stereocenters. The van der Waals surface area contributed by atoms with Crippen LogP contribution in [-0.4, -0.2) is 0 Å². The summed E-state index contributed by atoms with van der Waals surface area (Å²) in [5.74, 6) is -0.167. The van der Waals surface area contributed by atoms with Crippen molar-refractivity contribution in [2.24, 2.45) is 0 Å². The van der Waals surface area contributed by atoms with Crippen molar-refractivity contribution in [3.8, 4) is 0 Å². The Kier molecular flexibility index (Phi) is 5.57. The number of nitrogens with zero attached hydrogens (tertiary/aromatic N) is 2. The minimum Gasteiger partial charge on any atom is -0.297 e. The van der Waals surface area contributed by atoms with Crippen LogP contribution in [0.5, 0.6) is 0 Å². The molecular weight excluding hydrogens is 378 g/mol. The van der Waals surface area contributed by atoms with Gasteiger partial charge in [0.25, 0.3) is 0 Å². The molecule has 148 valence electrons. The van der Waals surface area contributed by atoms with Gasteiger partial charge in [-0.25, -0.2) is 8.78 Å². The van der Waals surface area contributed by atoms with Crippen LogP contribution in [0.2, 0.25) is 0 Å². The van der Waals surface area contributed by atoms with E-state index in [1.54, 1.807) is 12.1 Å². The van der Waals surface area contributed by atoms with Crippen LogP contribution in [0.15, 0.2) is 122 Å². The van der Waals surface area contributed by atoms with Crippen LogP contribution in [-0.2, 0) is 0 Å². The minimum absolute atomic E-state index is 0.349. The van der Waals surface area contributed by atoms with Crippen LogP contribution < -0.4 is 9.80 Å². The lowest BCUT2D eigenvalue weighted by Gasteiger charge is -2.35. The maximum absolute atomic E-state index is 14.1. The third-order valence-corrected chi connectivity index (χ3v) is 4.68. The first kappa shape index (κ1) is 19.4. The number of anilines is 4. The van der Waals surface area contributed by atoms with Crippen molar-refractivity contribution in [2.75, 3.05) is 9.80 Å². The van der Waals surface area contributed by atoms with E-state index < -0.39 is 0 Å². The molecule has 0 aliphatic rings. The molecule has 4 aromatic carbocycles. The number of hydrogen-bond acceptors (Lipinski definition) is 2. The van der Waals surface area contributed by atoms with E-state index in [0.717, 1.165) is 11.4 Å². The fraction of sp³-hybridized carbons (Fsp3) is 0. The Labute approximate surface area is 174 Å². The zero-order chi connectivity index (χ0) is 20.9. The van der Waals surface area contributed by atoms with Gasteiger partial charge in [-0.1, -0.05) is 55.1 Å². The smallest absolute Gasteiger partial charge is 0.125 e. The Morgan fingerprint density at radius 2 is 0.867 bits per heavy atom. The molecule has 0 spiro atoms. The van der Waals surface area contributed by atoms with Gasteiger partial charge in [-0.15, -0.1) is 0 Å². The maximum atomic E-state index is 14.1. The molecular formula is C26H20F2N2. The van der Waals surface area contributed by atoms with Gasteiger partial charge in [0.15, 0.2) is 0 Å². The Hall–Kier alpha value is -3.92. The minimum atomic E-state index is -0.349. The van der Waals surface area contributed by atoms with Crippen LogP contribution in [0.4, 0.5) is 31.5 Å². The van der Waals surface area contributed by atoms with E-state index in [9.17, 15) is 8.78 Å². The van der Waals surface area contributed by atoms with Crippen LogP contribution in [0.1, 0.15) is 0 Å². The standard InChI is InChI=1S/C26H20F2N2/c1-20(29(23-12-4-2-5-13-23)25-16-8-10-21(27)18-25)30(24-14-6-3-7-15-24)26-17-9-11-22(28)19-26/h2-19H,1H2. The highest BCUT2D eigenvalue weighted by molar-refractivity contribution is 5.77. The zero-order valence-corrected chi connectivity index (χ0v) is 16.2. The molecule has 0 fully saturated rings. The first-order valence-corrected chi connectivity index (χ1v) is 9.54. The Bertz CT molecular complexity index is 1050. The van der Waals surface area contributed by atoms with Gasteiger partial charge < -0.3 is 0 Å². The first-order valence-electron chi connectivity index (χ1n) is 9.54. The maximum Gasteiger partial charge on any atom is 0.125 e. The molecule has 0 N–H and O–H groups in total. The lowest BCUT2D eigenvalue weighted by atomic mass is 10.2. The van der Waals surface area contributed by atoms with Crippen molar-refractivity contribution < 1.29 is 8.78 Å². The van der Waals surface area contributed by atoms with E-state index in [1.807, 2.05) is 82.6 Å². The van der Waals surface area contributed by atoms with Crippen molar-refractivity contribution >= 4 is 22.7 Å². The molecule has 4 rings (SSSR count). The Morgan fingerprint density at radius 1 is 0.500 bits per heavy atom. The lowest BCUT2D eigenvalue weighted by molar-refractivity contribution is 0.628. The Morgan fingerprint density at radius 3 is 1.23 bits per heavy atom. The van der Waals surface area contributed by atoms with Crippen molar-refractivity contribution in [2.45, 2.75) is 0 Å². The summed E-state index contributed by atoms with van der Waals surface area (Å²) in [6.45, 7) is 4.33. The number of para-hydroxylation sites is 2. The van der Waals surface area contributed by atoms with E-state index >= 15 is 0 Å². The molecule has 0 saturated heterocycles. The quantitative estimate of drug-likeness (QED) is 0.334. The zero-order valence-electron chi connectivity index (χ0n) is 16.2. The molecule has 0 aliphatic carbocycles. The summed E-state index contributed by atoms with van der Waals surface area (Å²) >= 11 is 0. The fourth-order valence-corrected chi connectivity index (χ4v) is 3.38. The highest BCUT2D eigenvalue weighted by Crippen LogP contribution is 2.37. The summed E-state index contributed by atoms with van der Waals surface area (Å²) < 4.78 is 28.2. The van der Waals surface area contributed by atoms with Crippen LogP contribution in [0.3, 0.4) is 0 Å². The molecule has 0 saturated carbocycles. The number of hydrogen-bond donors (Lipinski definition) is 0.